The quantitative estimate of drug-likeness (QED) is 0.770. The normalized spacial score (nSPS) is 29.9. The highest BCUT2D eigenvalue weighted by Gasteiger charge is 2.41. The van der Waals surface area contributed by atoms with Gasteiger partial charge in [-0.25, -0.2) is 0 Å². The Balaban J connectivity index is 2.58. The molecule has 0 aromatic heterocycles. The number of carboxylic acid groups (broad SMARTS) is 1. The van der Waals surface area contributed by atoms with Crippen molar-refractivity contribution < 1.29 is 9.90 Å². The van der Waals surface area contributed by atoms with Crippen LogP contribution in [0.4, 0.5) is 0 Å². The van der Waals surface area contributed by atoms with Crippen molar-refractivity contribution in [3.63, 3.8) is 0 Å². The Morgan fingerprint density at radius 2 is 2.00 bits per heavy atom. The number of aliphatic carboxylic acids is 1. The van der Waals surface area contributed by atoms with Crippen molar-refractivity contribution in [3.05, 3.63) is 0 Å². The van der Waals surface area contributed by atoms with Gasteiger partial charge in [-0.1, -0.05) is 0 Å². The molecule has 1 aliphatic carbocycles. The molecule has 1 saturated carbocycles. The second kappa shape index (κ2) is 5.83. The number of hydrogen-bond donors (Lipinski definition) is 2. The van der Waals surface area contributed by atoms with E-state index < -0.39 is 11.4 Å². The van der Waals surface area contributed by atoms with Gasteiger partial charge in [0.2, 0.25) is 0 Å². The molecule has 0 spiro atoms. The van der Waals surface area contributed by atoms with Gasteiger partial charge in [-0.05, 0) is 59.5 Å². The molecule has 1 fully saturated rings. The third-order valence-corrected chi connectivity index (χ3v) is 4.27. The first-order chi connectivity index (χ1) is 7.87. The number of carboxylic acids is 1. The lowest BCUT2D eigenvalue weighted by atomic mass is 9.70. The van der Waals surface area contributed by atoms with Crippen LogP contribution in [0.3, 0.4) is 0 Å². The summed E-state index contributed by atoms with van der Waals surface area (Å²) in [5, 5.41) is 9.47. The lowest BCUT2D eigenvalue weighted by Gasteiger charge is -2.37. The minimum Gasteiger partial charge on any atom is -0.481 e. The molecule has 0 aromatic carbocycles. The molecule has 0 radical (unpaired) electrons. The molecule has 0 aromatic rings. The Hall–Kier alpha value is -0.610. The Kier molecular flexibility index (Phi) is 4.95. The molecular formula is C13H26N2O2. The number of rotatable bonds is 5. The summed E-state index contributed by atoms with van der Waals surface area (Å²) < 4.78 is 0. The number of nitrogens with zero attached hydrogens (tertiary/aromatic N) is 1. The van der Waals surface area contributed by atoms with E-state index in [9.17, 15) is 9.90 Å². The summed E-state index contributed by atoms with van der Waals surface area (Å²) >= 11 is 0. The maximum atomic E-state index is 11.5. The molecule has 3 N–H and O–H groups in total. The van der Waals surface area contributed by atoms with Crippen molar-refractivity contribution in [3.8, 4) is 0 Å². The number of carbonyl (C=O) groups is 1. The number of nitrogens with two attached hydrogens (primary N) is 1. The summed E-state index contributed by atoms with van der Waals surface area (Å²) in [6, 6.07) is 0.664. The summed E-state index contributed by atoms with van der Waals surface area (Å²) in [5.74, 6) is -0.637. The van der Waals surface area contributed by atoms with E-state index in [2.05, 4.69) is 25.8 Å². The van der Waals surface area contributed by atoms with E-state index in [0.29, 0.717) is 6.04 Å². The van der Waals surface area contributed by atoms with Crippen LogP contribution >= 0.6 is 0 Å². The molecule has 17 heavy (non-hydrogen) atoms. The highest BCUT2D eigenvalue weighted by Crippen LogP contribution is 2.39. The van der Waals surface area contributed by atoms with Crippen LogP contribution < -0.4 is 5.73 Å². The van der Waals surface area contributed by atoms with Gasteiger partial charge in [0.1, 0.15) is 0 Å². The van der Waals surface area contributed by atoms with Gasteiger partial charge in [-0.2, -0.15) is 0 Å². The lowest BCUT2D eigenvalue weighted by Crippen LogP contribution is -2.42. The summed E-state index contributed by atoms with van der Waals surface area (Å²) in [6.45, 7) is 5.10. The molecule has 0 bridgehead atoms. The zero-order valence-electron chi connectivity index (χ0n) is 11.3. The first-order valence-electron chi connectivity index (χ1n) is 6.56. The highest BCUT2D eigenvalue weighted by molar-refractivity contribution is 5.74. The van der Waals surface area contributed by atoms with E-state index in [-0.39, 0.29) is 6.04 Å². The summed E-state index contributed by atoms with van der Waals surface area (Å²) in [4.78, 5) is 13.7. The van der Waals surface area contributed by atoms with Crippen molar-refractivity contribution in [1.82, 2.24) is 4.90 Å². The van der Waals surface area contributed by atoms with E-state index in [4.69, 9.17) is 5.73 Å². The summed E-state index contributed by atoms with van der Waals surface area (Å²) in [7, 11) is 2.05. The topological polar surface area (TPSA) is 66.6 Å². The second-order valence-electron chi connectivity index (χ2n) is 5.75. The van der Waals surface area contributed by atoms with Crippen molar-refractivity contribution in [1.29, 1.82) is 0 Å². The van der Waals surface area contributed by atoms with E-state index in [1.165, 1.54) is 0 Å². The zero-order chi connectivity index (χ0) is 13.1. The summed E-state index contributed by atoms with van der Waals surface area (Å²) in [6.07, 6.45) is 3.89. The van der Waals surface area contributed by atoms with Crippen LogP contribution in [-0.2, 0) is 4.79 Å². The van der Waals surface area contributed by atoms with Crippen LogP contribution in [0.15, 0.2) is 0 Å². The molecule has 1 aliphatic rings. The van der Waals surface area contributed by atoms with E-state index in [1.54, 1.807) is 0 Å². The molecule has 0 heterocycles. The van der Waals surface area contributed by atoms with Crippen LogP contribution in [0, 0.1) is 5.41 Å². The first-order valence-corrected chi connectivity index (χ1v) is 6.56. The van der Waals surface area contributed by atoms with Crippen molar-refractivity contribution in [2.24, 2.45) is 11.1 Å². The van der Waals surface area contributed by atoms with Crippen LogP contribution in [0.5, 0.6) is 0 Å². The lowest BCUT2D eigenvalue weighted by molar-refractivity contribution is -0.152. The van der Waals surface area contributed by atoms with Gasteiger partial charge in [0.05, 0.1) is 5.41 Å². The zero-order valence-corrected chi connectivity index (χ0v) is 11.3. The van der Waals surface area contributed by atoms with Gasteiger partial charge in [0.25, 0.3) is 0 Å². The van der Waals surface area contributed by atoms with Gasteiger partial charge < -0.3 is 15.7 Å². The van der Waals surface area contributed by atoms with Crippen LogP contribution in [-0.4, -0.2) is 41.7 Å². The predicted octanol–water partition coefficient (Wildman–Crippen LogP) is 1.69. The van der Waals surface area contributed by atoms with E-state index in [0.717, 1.165) is 38.6 Å². The maximum absolute atomic E-state index is 11.5. The van der Waals surface area contributed by atoms with Crippen LogP contribution in [0.2, 0.25) is 0 Å². The molecule has 100 valence electrons. The maximum Gasteiger partial charge on any atom is 0.309 e. The van der Waals surface area contributed by atoms with Gasteiger partial charge in [0.15, 0.2) is 0 Å². The molecule has 0 unspecified atom stereocenters. The first kappa shape index (κ1) is 14.5. The Labute approximate surface area is 104 Å². The molecular weight excluding hydrogens is 216 g/mol. The molecule has 0 atom stereocenters. The Morgan fingerprint density at radius 1 is 1.47 bits per heavy atom. The molecule has 4 nitrogen and oxygen atoms in total. The van der Waals surface area contributed by atoms with Crippen molar-refractivity contribution in [2.45, 2.75) is 58.0 Å². The number of hydrogen-bond acceptors (Lipinski definition) is 3. The molecule has 1 rings (SSSR count). The average molecular weight is 242 g/mol. The molecule has 4 heteroatoms. The van der Waals surface area contributed by atoms with Gasteiger partial charge in [-0.15, -0.1) is 0 Å². The van der Waals surface area contributed by atoms with Crippen LogP contribution in [0.25, 0.3) is 0 Å². The average Bonchev–Trinajstić information content (AvgIpc) is 2.27. The molecule has 0 amide bonds. The van der Waals surface area contributed by atoms with Crippen molar-refractivity contribution >= 4 is 5.97 Å². The third kappa shape index (κ3) is 3.68. The largest absolute Gasteiger partial charge is 0.481 e. The van der Waals surface area contributed by atoms with Crippen LogP contribution in [0.1, 0.15) is 46.0 Å². The predicted molar refractivity (Wildman–Crippen MR) is 68.9 cm³/mol. The third-order valence-electron chi connectivity index (χ3n) is 4.27. The Morgan fingerprint density at radius 3 is 2.41 bits per heavy atom. The van der Waals surface area contributed by atoms with Gasteiger partial charge >= 0.3 is 5.97 Å². The standard InChI is InChI=1S/C13H26N2O2/c1-10(2)15(3)9-8-13(12(16)17)6-4-11(14)5-7-13/h10-11H,4-9,14H2,1-3H3,(H,16,17). The SMILES string of the molecule is CC(C)N(C)CCC1(C(=O)O)CCC(N)CC1. The molecule has 0 aliphatic heterocycles. The van der Waals surface area contributed by atoms with Crippen molar-refractivity contribution in [2.75, 3.05) is 13.6 Å². The van der Waals surface area contributed by atoms with Gasteiger partial charge in [-0.3, -0.25) is 4.79 Å². The smallest absolute Gasteiger partial charge is 0.309 e. The second-order valence-corrected chi connectivity index (χ2v) is 5.75. The Bertz CT molecular complexity index is 258. The van der Waals surface area contributed by atoms with Gasteiger partial charge in [0, 0.05) is 12.1 Å². The summed E-state index contributed by atoms with van der Waals surface area (Å²) in [5.41, 5.74) is 5.33. The molecule has 0 saturated heterocycles. The minimum atomic E-state index is -0.637. The van der Waals surface area contributed by atoms with E-state index >= 15 is 0 Å². The fourth-order valence-electron chi connectivity index (χ4n) is 2.41. The fourth-order valence-corrected chi connectivity index (χ4v) is 2.41. The minimum absolute atomic E-state index is 0.199. The van der Waals surface area contributed by atoms with E-state index in [1.807, 2.05) is 0 Å². The highest BCUT2D eigenvalue weighted by atomic mass is 16.4. The fraction of sp³-hybridized carbons (Fsp3) is 0.923. The monoisotopic (exact) mass is 242 g/mol.